The highest BCUT2D eigenvalue weighted by Crippen LogP contribution is 2.13. The maximum atomic E-state index is 5.38. The van der Waals surface area contributed by atoms with Gasteiger partial charge < -0.3 is 5.73 Å². The van der Waals surface area contributed by atoms with E-state index in [-0.39, 0.29) is 0 Å². The van der Waals surface area contributed by atoms with Crippen molar-refractivity contribution in [2.75, 3.05) is 5.73 Å². The first kappa shape index (κ1) is 6.78. The van der Waals surface area contributed by atoms with Crippen LogP contribution in [-0.2, 0) is 0 Å². The zero-order valence-electron chi connectivity index (χ0n) is 6.23. The molecular weight excluding hydrogens is 154 g/mol. The van der Waals surface area contributed by atoms with Gasteiger partial charge >= 0.3 is 0 Å². The van der Waals surface area contributed by atoms with Crippen molar-refractivity contribution >= 4 is 5.82 Å². The number of nitrogens with zero attached hydrogens (tertiary/aromatic N) is 3. The smallest absolute Gasteiger partial charge is 0.146 e. The number of hydrogen-bond acceptors (Lipinski definition) is 4. The number of rotatable bonds is 1. The minimum absolute atomic E-state index is 0.419. The lowest BCUT2D eigenvalue weighted by molar-refractivity contribution is 1.05. The molecule has 60 valence electrons. The van der Waals surface area contributed by atoms with Crippen LogP contribution < -0.4 is 5.73 Å². The van der Waals surface area contributed by atoms with Crippen molar-refractivity contribution in [2.24, 2.45) is 0 Å². The van der Waals surface area contributed by atoms with Gasteiger partial charge in [0, 0.05) is 11.8 Å². The quantitative estimate of drug-likeness (QED) is 0.636. The molecule has 3 N–H and O–H groups in total. The molecule has 2 rings (SSSR count). The molecule has 5 nitrogen and oxygen atoms in total. The zero-order chi connectivity index (χ0) is 8.39. The van der Waals surface area contributed by atoms with Crippen LogP contribution in [0.4, 0.5) is 5.82 Å². The van der Waals surface area contributed by atoms with Crippen molar-refractivity contribution < 1.29 is 0 Å². The van der Waals surface area contributed by atoms with Crippen LogP contribution in [0.1, 0.15) is 0 Å². The Kier molecular flexibility index (Phi) is 1.48. The van der Waals surface area contributed by atoms with E-state index in [4.69, 9.17) is 5.73 Å². The fourth-order valence-electron chi connectivity index (χ4n) is 0.888. The second-order valence-corrected chi connectivity index (χ2v) is 2.33. The largest absolute Gasteiger partial charge is 0.382 e. The molecule has 0 radical (unpaired) electrons. The maximum absolute atomic E-state index is 5.38. The highest BCUT2D eigenvalue weighted by molar-refractivity contribution is 5.56. The average molecular weight is 161 g/mol. The number of H-pyrrole nitrogens is 1. The normalized spacial score (nSPS) is 10.0. The summed E-state index contributed by atoms with van der Waals surface area (Å²) >= 11 is 0. The molecule has 0 aromatic carbocycles. The Morgan fingerprint density at radius 2 is 2.17 bits per heavy atom. The summed E-state index contributed by atoms with van der Waals surface area (Å²) in [4.78, 5) is 0. The topological polar surface area (TPSA) is 80.5 Å². The third kappa shape index (κ3) is 1.12. The van der Waals surface area contributed by atoms with Gasteiger partial charge in [0.2, 0.25) is 0 Å². The highest BCUT2D eigenvalue weighted by Gasteiger charge is 1.99. The van der Waals surface area contributed by atoms with Gasteiger partial charge in [-0.15, -0.1) is 10.2 Å². The Morgan fingerprint density at radius 3 is 2.75 bits per heavy atom. The van der Waals surface area contributed by atoms with E-state index >= 15 is 0 Å². The minimum Gasteiger partial charge on any atom is -0.382 e. The number of aromatic amines is 1. The molecule has 0 aliphatic rings. The Morgan fingerprint density at radius 1 is 1.25 bits per heavy atom. The molecule has 0 aliphatic heterocycles. The van der Waals surface area contributed by atoms with Crippen LogP contribution in [0.15, 0.2) is 24.5 Å². The fourth-order valence-corrected chi connectivity index (χ4v) is 0.888. The summed E-state index contributed by atoms with van der Waals surface area (Å²) in [6.45, 7) is 0. The summed E-state index contributed by atoms with van der Waals surface area (Å²) in [6, 6.07) is 3.50. The first-order valence-corrected chi connectivity index (χ1v) is 3.44. The number of nitrogen functional groups attached to an aromatic ring is 1. The van der Waals surface area contributed by atoms with Crippen LogP contribution in [0, 0.1) is 0 Å². The van der Waals surface area contributed by atoms with Gasteiger partial charge in [0.1, 0.15) is 5.82 Å². The van der Waals surface area contributed by atoms with Crippen molar-refractivity contribution in [3.63, 3.8) is 0 Å². The van der Waals surface area contributed by atoms with E-state index in [1.165, 1.54) is 0 Å². The monoisotopic (exact) mass is 161 g/mol. The predicted molar refractivity (Wildman–Crippen MR) is 44.0 cm³/mol. The van der Waals surface area contributed by atoms with Gasteiger partial charge in [-0.1, -0.05) is 0 Å². The molecule has 0 unspecified atom stereocenters. The van der Waals surface area contributed by atoms with Crippen LogP contribution in [0.2, 0.25) is 0 Å². The fraction of sp³-hybridized carbons (Fsp3) is 0. The average Bonchev–Trinajstić information content (AvgIpc) is 2.58. The van der Waals surface area contributed by atoms with Gasteiger partial charge in [0.15, 0.2) is 0 Å². The van der Waals surface area contributed by atoms with Gasteiger partial charge in [-0.3, -0.25) is 5.10 Å². The third-order valence-corrected chi connectivity index (χ3v) is 1.48. The molecular formula is C7H7N5. The summed E-state index contributed by atoms with van der Waals surface area (Å²) in [7, 11) is 0. The van der Waals surface area contributed by atoms with Gasteiger partial charge in [-0.2, -0.15) is 5.10 Å². The van der Waals surface area contributed by atoms with Crippen molar-refractivity contribution in [1.29, 1.82) is 0 Å². The molecule has 0 atom stereocenters. The molecule has 5 heteroatoms. The number of anilines is 1. The van der Waals surface area contributed by atoms with Crippen molar-refractivity contribution in [3.05, 3.63) is 24.5 Å². The van der Waals surface area contributed by atoms with Crippen LogP contribution in [0.25, 0.3) is 11.3 Å². The van der Waals surface area contributed by atoms with Gasteiger partial charge in [-0.25, -0.2) is 0 Å². The maximum Gasteiger partial charge on any atom is 0.146 e. The van der Waals surface area contributed by atoms with Gasteiger partial charge in [0.05, 0.1) is 11.9 Å². The van der Waals surface area contributed by atoms with Crippen LogP contribution in [-0.4, -0.2) is 20.4 Å². The second-order valence-electron chi connectivity index (χ2n) is 2.33. The van der Waals surface area contributed by atoms with E-state index < -0.39 is 0 Å². The van der Waals surface area contributed by atoms with E-state index in [0.29, 0.717) is 5.82 Å². The Labute approximate surface area is 68.6 Å². The molecule has 12 heavy (non-hydrogen) atoms. The highest BCUT2D eigenvalue weighted by atomic mass is 15.1. The summed E-state index contributed by atoms with van der Waals surface area (Å²) < 4.78 is 0. The van der Waals surface area contributed by atoms with Crippen LogP contribution in [0.5, 0.6) is 0 Å². The second kappa shape index (κ2) is 2.61. The number of nitrogens with two attached hydrogens (primary N) is 1. The first-order valence-electron chi connectivity index (χ1n) is 3.44. The molecule has 0 saturated heterocycles. The lowest BCUT2D eigenvalue weighted by Crippen LogP contribution is -1.92. The van der Waals surface area contributed by atoms with E-state index in [2.05, 4.69) is 20.4 Å². The zero-order valence-corrected chi connectivity index (χ0v) is 6.23. The molecule has 0 amide bonds. The molecule has 0 aliphatic carbocycles. The van der Waals surface area contributed by atoms with Crippen molar-refractivity contribution in [2.45, 2.75) is 0 Å². The van der Waals surface area contributed by atoms with E-state index in [9.17, 15) is 0 Å². The number of nitrogens with one attached hydrogen (secondary N) is 1. The van der Waals surface area contributed by atoms with E-state index in [1.54, 1.807) is 24.5 Å². The summed E-state index contributed by atoms with van der Waals surface area (Å²) in [5.41, 5.74) is 7.05. The molecule has 2 heterocycles. The number of aromatic nitrogens is 4. The summed E-state index contributed by atoms with van der Waals surface area (Å²) in [5, 5.41) is 14.1. The van der Waals surface area contributed by atoms with Crippen LogP contribution >= 0.6 is 0 Å². The molecule has 2 aromatic rings. The molecule has 0 fully saturated rings. The van der Waals surface area contributed by atoms with Crippen molar-refractivity contribution in [1.82, 2.24) is 20.4 Å². The van der Waals surface area contributed by atoms with E-state index in [1.807, 2.05) is 0 Å². The van der Waals surface area contributed by atoms with Gasteiger partial charge in [-0.05, 0) is 12.1 Å². The molecule has 0 bridgehead atoms. The van der Waals surface area contributed by atoms with Gasteiger partial charge in [0.25, 0.3) is 0 Å². The predicted octanol–water partition coefficient (Wildman–Crippen LogP) is 0.449. The Bertz CT molecular complexity index is 350. The van der Waals surface area contributed by atoms with Crippen LogP contribution in [0.3, 0.4) is 0 Å². The molecule has 0 spiro atoms. The summed E-state index contributed by atoms with van der Waals surface area (Å²) in [6.07, 6.45) is 3.43. The standard InChI is InChI=1S/C7H7N5/c8-7-2-1-6(11-12-7)5-3-9-10-4-5/h1-4H,(H2,8,12)(H,9,10). The summed E-state index contributed by atoms with van der Waals surface area (Å²) in [5.74, 6) is 0.419. The van der Waals surface area contributed by atoms with E-state index in [0.717, 1.165) is 11.3 Å². The number of hydrogen-bond donors (Lipinski definition) is 2. The molecule has 2 aromatic heterocycles. The minimum atomic E-state index is 0.419. The lowest BCUT2D eigenvalue weighted by atomic mass is 10.2. The lowest BCUT2D eigenvalue weighted by Gasteiger charge is -1.93. The first-order chi connectivity index (χ1) is 5.86. The Balaban J connectivity index is 2.43. The SMILES string of the molecule is Nc1ccc(-c2cn[nH]c2)nn1. The Hall–Kier alpha value is -1.91. The molecule has 0 saturated carbocycles. The third-order valence-electron chi connectivity index (χ3n) is 1.48. The van der Waals surface area contributed by atoms with Crippen molar-refractivity contribution in [3.8, 4) is 11.3 Å².